The zero-order valence-corrected chi connectivity index (χ0v) is 14.0. The van der Waals surface area contributed by atoms with Gasteiger partial charge in [-0.05, 0) is 31.4 Å². The molecule has 1 aromatic heterocycles. The van der Waals surface area contributed by atoms with E-state index in [-0.39, 0.29) is 0 Å². The van der Waals surface area contributed by atoms with E-state index in [1.165, 1.54) is 32.1 Å². The van der Waals surface area contributed by atoms with E-state index in [0.29, 0.717) is 23.5 Å². The molecule has 1 aliphatic heterocycles. The van der Waals surface area contributed by atoms with E-state index in [9.17, 15) is 0 Å². The number of aromatic nitrogens is 1. The van der Waals surface area contributed by atoms with Gasteiger partial charge in [0.15, 0.2) is 5.96 Å². The van der Waals surface area contributed by atoms with E-state index in [1.807, 2.05) is 7.05 Å². The molecular formula is C18H28N4O. The summed E-state index contributed by atoms with van der Waals surface area (Å²) in [6.45, 7) is 2.78. The summed E-state index contributed by atoms with van der Waals surface area (Å²) < 4.78 is 8.25. The maximum atomic E-state index is 6.06. The van der Waals surface area contributed by atoms with Gasteiger partial charge in [0.2, 0.25) is 0 Å². The highest BCUT2D eigenvalue weighted by atomic mass is 16.5. The Kier molecular flexibility index (Phi) is 4.05. The summed E-state index contributed by atoms with van der Waals surface area (Å²) >= 11 is 0. The molecular weight excluding hydrogens is 288 g/mol. The fourth-order valence-corrected chi connectivity index (χ4v) is 5.07. The van der Waals surface area contributed by atoms with Gasteiger partial charge in [0.05, 0.1) is 6.10 Å². The number of nitrogens with zero attached hydrogens (tertiary/aromatic N) is 2. The molecule has 0 aromatic carbocycles. The van der Waals surface area contributed by atoms with Crippen molar-refractivity contribution in [3.05, 3.63) is 24.5 Å². The van der Waals surface area contributed by atoms with Crippen LogP contribution in [-0.2, 0) is 11.3 Å². The number of hydrogen-bond acceptors (Lipinski definition) is 2. The average Bonchev–Trinajstić information content (AvgIpc) is 3.31. The minimum Gasteiger partial charge on any atom is -0.377 e. The van der Waals surface area contributed by atoms with Crippen molar-refractivity contribution in [3.8, 4) is 0 Å². The molecule has 2 aliphatic carbocycles. The molecule has 2 N–H and O–H groups in total. The number of nitrogens with one attached hydrogen (secondary N) is 2. The standard InChI is InChI=1S/C18H28N4O/c1-19-17(20-9-12-22-10-4-5-11-22)21-15-14-6-13-23-16(14)18(15)7-2-3-8-18/h4-5,10-11,14-16H,2-3,6-9,12-13H2,1H3,(H2,19,20,21). The molecule has 1 aromatic rings. The predicted molar refractivity (Wildman–Crippen MR) is 91.5 cm³/mol. The number of hydrogen-bond donors (Lipinski definition) is 2. The Bertz CT molecular complexity index is 547. The molecule has 126 valence electrons. The normalized spacial score (nSPS) is 31.9. The van der Waals surface area contributed by atoms with Crippen molar-refractivity contribution < 1.29 is 4.74 Å². The maximum Gasteiger partial charge on any atom is 0.191 e. The lowest BCUT2D eigenvalue weighted by atomic mass is 9.54. The quantitative estimate of drug-likeness (QED) is 0.660. The summed E-state index contributed by atoms with van der Waals surface area (Å²) in [6.07, 6.45) is 11.2. The molecule has 1 spiro atoms. The van der Waals surface area contributed by atoms with Crippen LogP contribution in [-0.4, -0.2) is 42.9 Å². The molecule has 0 amide bonds. The van der Waals surface area contributed by atoms with E-state index in [4.69, 9.17) is 4.74 Å². The number of guanidine groups is 1. The van der Waals surface area contributed by atoms with Crippen molar-refractivity contribution in [3.63, 3.8) is 0 Å². The lowest BCUT2D eigenvalue weighted by Gasteiger charge is -2.57. The van der Waals surface area contributed by atoms with Crippen LogP contribution >= 0.6 is 0 Å². The van der Waals surface area contributed by atoms with Crippen LogP contribution in [0.1, 0.15) is 32.1 Å². The van der Waals surface area contributed by atoms with Gasteiger partial charge in [0.1, 0.15) is 0 Å². The second-order valence-corrected chi connectivity index (χ2v) is 7.23. The Hall–Kier alpha value is -1.49. The van der Waals surface area contributed by atoms with E-state index in [0.717, 1.165) is 25.7 Å². The summed E-state index contributed by atoms with van der Waals surface area (Å²) in [6, 6.07) is 4.66. The second-order valence-electron chi connectivity index (χ2n) is 7.23. The molecule has 3 fully saturated rings. The summed E-state index contributed by atoms with van der Waals surface area (Å²) in [5.41, 5.74) is 0.374. The third-order valence-corrected chi connectivity index (χ3v) is 6.13. The largest absolute Gasteiger partial charge is 0.377 e. The SMILES string of the molecule is CN=C(NCCn1cccc1)NC1C2CCOC2C12CCCC2. The first-order valence-electron chi connectivity index (χ1n) is 9.03. The lowest BCUT2D eigenvalue weighted by molar-refractivity contribution is -0.125. The van der Waals surface area contributed by atoms with E-state index < -0.39 is 0 Å². The van der Waals surface area contributed by atoms with Gasteiger partial charge in [-0.25, -0.2) is 0 Å². The zero-order valence-electron chi connectivity index (χ0n) is 14.0. The highest BCUT2D eigenvalue weighted by Gasteiger charge is 2.65. The average molecular weight is 316 g/mol. The number of fused-ring (bicyclic) bond motifs is 2. The Morgan fingerprint density at radius 3 is 2.83 bits per heavy atom. The van der Waals surface area contributed by atoms with Crippen molar-refractivity contribution in [2.75, 3.05) is 20.2 Å². The molecule has 2 saturated carbocycles. The predicted octanol–water partition coefficient (Wildman–Crippen LogP) is 2.00. The summed E-state index contributed by atoms with van der Waals surface area (Å²) in [4.78, 5) is 4.44. The van der Waals surface area contributed by atoms with Crippen molar-refractivity contribution in [1.29, 1.82) is 0 Å². The fourth-order valence-electron chi connectivity index (χ4n) is 5.07. The highest BCUT2D eigenvalue weighted by Crippen LogP contribution is 2.60. The molecule has 1 saturated heterocycles. The molecule has 2 heterocycles. The third-order valence-electron chi connectivity index (χ3n) is 6.13. The van der Waals surface area contributed by atoms with Crippen LogP contribution < -0.4 is 10.6 Å². The first-order valence-corrected chi connectivity index (χ1v) is 9.03. The van der Waals surface area contributed by atoms with Gasteiger partial charge in [-0.15, -0.1) is 0 Å². The van der Waals surface area contributed by atoms with Crippen molar-refractivity contribution in [2.45, 2.75) is 50.8 Å². The first-order chi connectivity index (χ1) is 11.3. The first kappa shape index (κ1) is 15.1. The number of rotatable bonds is 4. The van der Waals surface area contributed by atoms with Crippen LogP contribution in [0.5, 0.6) is 0 Å². The molecule has 23 heavy (non-hydrogen) atoms. The van der Waals surface area contributed by atoms with E-state index in [1.54, 1.807) is 0 Å². The fraction of sp³-hybridized carbons (Fsp3) is 0.722. The van der Waals surface area contributed by atoms with Crippen molar-refractivity contribution >= 4 is 5.96 Å². The highest BCUT2D eigenvalue weighted by molar-refractivity contribution is 5.80. The van der Waals surface area contributed by atoms with Crippen LogP contribution in [0.15, 0.2) is 29.5 Å². The topological polar surface area (TPSA) is 50.6 Å². The van der Waals surface area contributed by atoms with Crippen LogP contribution in [0, 0.1) is 11.3 Å². The van der Waals surface area contributed by atoms with Crippen LogP contribution in [0.3, 0.4) is 0 Å². The minimum atomic E-state index is 0.374. The summed E-state index contributed by atoms with van der Waals surface area (Å²) in [5.74, 6) is 1.62. The Morgan fingerprint density at radius 2 is 2.09 bits per heavy atom. The second kappa shape index (κ2) is 6.19. The van der Waals surface area contributed by atoms with Crippen LogP contribution in [0.25, 0.3) is 0 Å². The Balaban J connectivity index is 1.35. The molecule has 0 radical (unpaired) electrons. The minimum absolute atomic E-state index is 0.374. The Labute approximate surface area is 138 Å². The molecule has 5 nitrogen and oxygen atoms in total. The van der Waals surface area contributed by atoms with Crippen LogP contribution in [0.2, 0.25) is 0 Å². The van der Waals surface area contributed by atoms with Gasteiger partial charge in [0.25, 0.3) is 0 Å². The zero-order chi connectivity index (χ0) is 15.7. The van der Waals surface area contributed by atoms with E-state index >= 15 is 0 Å². The van der Waals surface area contributed by atoms with Gasteiger partial charge in [-0.1, -0.05) is 12.8 Å². The molecule has 3 unspecified atom stereocenters. The summed E-state index contributed by atoms with van der Waals surface area (Å²) in [7, 11) is 1.87. The van der Waals surface area contributed by atoms with Crippen LogP contribution in [0.4, 0.5) is 0 Å². The van der Waals surface area contributed by atoms with Gasteiger partial charge in [0, 0.05) is 56.5 Å². The van der Waals surface area contributed by atoms with Gasteiger partial charge in [-0.3, -0.25) is 4.99 Å². The van der Waals surface area contributed by atoms with Crippen molar-refractivity contribution in [2.24, 2.45) is 16.3 Å². The number of ether oxygens (including phenoxy) is 1. The van der Waals surface area contributed by atoms with Gasteiger partial charge < -0.3 is 19.9 Å². The van der Waals surface area contributed by atoms with E-state index in [2.05, 4.69) is 44.7 Å². The van der Waals surface area contributed by atoms with Gasteiger partial charge >= 0.3 is 0 Å². The Morgan fingerprint density at radius 1 is 1.30 bits per heavy atom. The molecule has 3 aliphatic rings. The van der Waals surface area contributed by atoms with Crippen molar-refractivity contribution in [1.82, 2.24) is 15.2 Å². The molecule has 5 heteroatoms. The molecule has 3 atom stereocenters. The van der Waals surface area contributed by atoms with Gasteiger partial charge in [-0.2, -0.15) is 0 Å². The smallest absolute Gasteiger partial charge is 0.191 e. The molecule has 0 bridgehead atoms. The lowest BCUT2D eigenvalue weighted by Crippen LogP contribution is -2.69. The molecule has 4 rings (SSSR count). The third kappa shape index (κ3) is 2.55. The maximum absolute atomic E-state index is 6.06. The monoisotopic (exact) mass is 316 g/mol. The summed E-state index contributed by atoms with van der Waals surface area (Å²) in [5, 5.41) is 7.21. The number of aliphatic imine (C=N–C) groups is 1.